The van der Waals surface area contributed by atoms with Crippen LogP contribution >= 0.6 is 11.8 Å². The number of anilines is 1. The van der Waals surface area contributed by atoms with E-state index < -0.39 is 0 Å². The Hall–Kier alpha value is -3.59. The summed E-state index contributed by atoms with van der Waals surface area (Å²) in [5.74, 6) is -0.161. The third-order valence-electron chi connectivity index (χ3n) is 5.69. The zero-order valence-corrected chi connectivity index (χ0v) is 19.7. The quantitative estimate of drug-likeness (QED) is 0.308. The van der Waals surface area contributed by atoms with E-state index in [0.717, 1.165) is 35.5 Å². The largest absolute Gasteiger partial charge is 0.307 e. The Labute approximate surface area is 201 Å². The number of hydrogen-bond donors (Lipinski definition) is 0. The van der Waals surface area contributed by atoms with Gasteiger partial charge in [0.1, 0.15) is 5.82 Å². The van der Waals surface area contributed by atoms with E-state index in [0.29, 0.717) is 28.8 Å². The average molecular weight is 475 g/mol. The van der Waals surface area contributed by atoms with Crippen LogP contribution in [-0.4, -0.2) is 37.4 Å². The molecule has 2 aromatic carbocycles. The van der Waals surface area contributed by atoms with E-state index in [1.807, 2.05) is 38.1 Å². The summed E-state index contributed by atoms with van der Waals surface area (Å²) in [7, 11) is 0. The Bertz CT molecular complexity index is 1330. The van der Waals surface area contributed by atoms with Crippen molar-refractivity contribution in [3.63, 3.8) is 0 Å². The maximum Gasteiger partial charge on any atom is 0.280 e. The van der Waals surface area contributed by atoms with E-state index in [9.17, 15) is 9.18 Å². The monoisotopic (exact) mass is 474 g/mol. The molecular weight excluding hydrogens is 451 g/mol. The summed E-state index contributed by atoms with van der Waals surface area (Å²) < 4.78 is 15.1. The van der Waals surface area contributed by atoms with Crippen molar-refractivity contribution in [2.75, 3.05) is 11.4 Å². The Kier molecular flexibility index (Phi) is 6.10. The van der Waals surface area contributed by atoms with Crippen LogP contribution in [0.15, 0.2) is 59.8 Å². The van der Waals surface area contributed by atoms with E-state index in [-0.39, 0.29) is 17.4 Å². The number of halogens is 1. The van der Waals surface area contributed by atoms with Gasteiger partial charge in [0.25, 0.3) is 5.91 Å². The van der Waals surface area contributed by atoms with Crippen LogP contribution in [0.1, 0.15) is 39.6 Å². The third kappa shape index (κ3) is 4.43. The number of thioether (sulfide) groups is 1. The molecule has 172 valence electrons. The molecule has 0 saturated heterocycles. The number of carbonyl (C=O) groups excluding carboxylic acids is 1. The lowest BCUT2D eigenvalue weighted by molar-refractivity contribution is 0.0979. The number of nitrogens with zero attached hydrogens (tertiary/aromatic N) is 6. The lowest BCUT2D eigenvalue weighted by Gasteiger charge is -2.29. The zero-order chi connectivity index (χ0) is 23.7. The molecule has 0 radical (unpaired) electrons. The molecule has 0 atom stereocenters. The van der Waals surface area contributed by atoms with Gasteiger partial charge in [0.2, 0.25) is 0 Å². The lowest BCUT2D eigenvalue weighted by Crippen LogP contribution is -2.36. The van der Waals surface area contributed by atoms with E-state index in [1.54, 1.807) is 21.7 Å². The fourth-order valence-electron chi connectivity index (χ4n) is 4.15. The number of aryl methyl sites for hydroxylation is 3. The normalized spacial score (nSPS) is 13.1. The molecule has 0 bridgehead atoms. The van der Waals surface area contributed by atoms with Gasteiger partial charge in [-0.25, -0.2) is 19.0 Å². The Balaban J connectivity index is 1.53. The van der Waals surface area contributed by atoms with Crippen LogP contribution in [0.25, 0.3) is 5.69 Å². The highest BCUT2D eigenvalue weighted by Crippen LogP contribution is 2.30. The smallest absolute Gasteiger partial charge is 0.280 e. The number of carbonyl (C=O) groups is 1. The number of amides is 1. The van der Waals surface area contributed by atoms with Crippen molar-refractivity contribution in [3.8, 4) is 5.69 Å². The van der Waals surface area contributed by atoms with Crippen LogP contribution in [0, 0.1) is 19.7 Å². The molecule has 1 aliphatic heterocycles. The first kappa shape index (κ1) is 22.2. The van der Waals surface area contributed by atoms with Crippen LogP contribution in [-0.2, 0) is 12.2 Å². The maximum absolute atomic E-state index is 13.7. The Morgan fingerprint density at radius 2 is 1.79 bits per heavy atom. The molecule has 0 saturated carbocycles. The predicted octanol–water partition coefficient (Wildman–Crippen LogP) is 4.70. The van der Waals surface area contributed by atoms with Crippen LogP contribution in [0.5, 0.6) is 0 Å². The molecule has 34 heavy (non-hydrogen) atoms. The minimum Gasteiger partial charge on any atom is -0.307 e. The number of fused-ring (bicyclic) bond motifs is 1. The standard InChI is InChI=1S/C25H23FN6OS/c1-16-14-17(2)28-25(27-16)34-15-22-23(29-30-32(22)20-11-9-19(26)10-12-20)24(33)31-13-5-7-18-6-3-4-8-21(18)31/h3-4,6,8-12,14H,5,7,13,15H2,1-2H3. The summed E-state index contributed by atoms with van der Waals surface area (Å²) in [6.07, 6.45) is 1.82. The molecule has 9 heteroatoms. The molecule has 0 fully saturated rings. The van der Waals surface area contributed by atoms with Gasteiger partial charge in [0.15, 0.2) is 10.9 Å². The van der Waals surface area contributed by atoms with E-state index >= 15 is 0 Å². The summed E-state index contributed by atoms with van der Waals surface area (Å²) in [5.41, 5.74) is 5.33. The van der Waals surface area contributed by atoms with E-state index in [1.165, 1.54) is 23.9 Å². The molecule has 5 rings (SSSR count). The molecule has 0 N–H and O–H groups in total. The van der Waals surface area contributed by atoms with Crippen LogP contribution in [0.4, 0.5) is 10.1 Å². The second-order valence-corrected chi connectivity index (χ2v) is 9.13. The molecule has 3 heterocycles. The Morgan fingerprint density at radius 1 is 1.06 bits per heavy atom. The van der Waals surface area contributed by atoms with Gasteiger partial charge in [-0.1, -0.05) is 35.2 Å². The first-order chi connectivity index (χ1) is 16.5. The second kappa shape index (κ2) is 9.34. The molecule has 0 spiro atoms. The number of para-hydroxylation sites is 1. The highest BCUT2D eigenvalue weighted by molar-refractivity contribution is 7.98. The molecule has 7 nitrogen and oxygen atoms in total. The second-order valence-electron chi connectivity index (χ2n) is 8.18. The van der Waals surface area contributed by atoms with Gasteiger partial charge in [-0.2, -0.15) is 0 Å². The average Bonchev–Trinajstić information content (AvgIpc) is 3.25. The van der Waals surface area contributed by atoms with Crippen molar-refractivity contribution in [2.45, 2.75) is 37.6 Å². The van der Waals surface area contributed by atoms with Crippen LogP contribution in [0.2, 0.25) is 0 Å². The molecule has 0 aliphatic carbocycles. The summed E-state index contributed by atoms with van der Waals surface area (Å²) in [6, 6.07) is 15.8. The van der Waals surface area contributed by atoms with Crippen molar-refractivity contribution in [1.29, 1.82) is 0 Å². The van der Waals surface area contributed by atoms with Gasteiger partial charge < -0.3 is 4.90 Å². The molecular formula is C25H23FN6OS. The van der Waals surface area contributed by atoms with Gasteiger partial charge in [0, 0.05) is 29.4 Å². The fourth-order valence-corrected chi connectivity index (χ4v) is 5.09. The zero-order valence-electron chi connectivity index (χ0n) is 18.9. The predicted molar refractivity (Wildman–Crippen MR) is 129 cm³/mol. The van der Waals surface area contributed by atoms with Gasteiger partial charge >= 0.3 is 0 Å². The van der Waals surface area contributed by atoms with Crippen molar-refractivity contribution in [1.82, 2.24) is 25.0 Å². The van der Waals surface area contributed by atoms with Crippen molar-refractivity contribution >= 4 is 23.4 Å². The van der Waals surface area contributed by atoms with Crippen LogP contribution in [0.3, 0.4) is 0 Å². The van der Waals surface area contributed by atoms with Gasteiger partial charge in [-0.05, 0) is 68.7 Å². The summed E-state index contributed by atoms with van der Waals surface area (Å²) in [4.78, 5) is 24.5. The van der Waals surface area contributed by atoms with E-state index in [4.69, 9.17) is 0 Å². The Morgan fingerprint density at radius 3 is 2.56 bits per heavy atom. The highest BCUT2D eigenvalue weighted by atomic mass is 32.2. The minimum atomic E-state index is -0.343. The third-order valence-corrected chi connectivity index (χ3v) is 6.55. The first-order valence-electron chi connectivity index (χ1n) is 11.0. The molecule has 2 aromatic heterocycles. The van der Waals surface area contributed by atoms with Crippen LogP contribution < -0.4 is 4.90 Å². The molecule has 4 aromatic rings. The summed E-state index contributed by atoms with van der Waals surface area (Å²) >= 11 is 1.41. The summed E-state index contributed by atoms with van der Waals surface area (Å²) in [5, 5.41) is 9.18. The number of rotatable bonds is 5. The molecule has 1 aliphatic rings. The van der Waals surface area contributed by atoms with Crippen molar-refractivity contribution in [3.05, 3.63) is 88.8 Å². The number of hydrogen-bond acceptors (Lipinski definition) is 6. The highest BCUT2D eigenvalue weighted by Gasteiger charge is 2.29. The molecule has 1 amide bonds. The minimum absolute atomic E-state index is 0.197. The lowest BCUT2D eigenvalue weighted by atomic mass is 10.0. The number of benzene rings is 2. The van der Waals surface area contributed by atoms with Crippen molar-refractivity contribution in [2.24, 2.45) is 0 Å². The fraction of sp³-hybridized carbons (Fsp3) is 0.240. The molecule has 0 unspecified atom stereocenters. The summed E-state index contributed by atoms with van der Waals surface area (Å²) in [6.45, 7) is 4.46. The van der Waals surface area contributed by atoms with Crippen molar-refractivity contribution < 1.29 is 9.18 Å². The SMILES string of the molecule is Cc1cc(C)nc(SCc2c(C(=O)N3CCCc4ccccc43)nnn2-c2ccc(F)cc2)n1. The van der Waals surface area contributed by atoms with Gasteiger partial charge in [0.05, 0.1) is 11.4 Å². The number of aromatic nitrogens is 5. The van der Waals surface area contributed by atoms with Gasteiger partial charge in [-0.15, -0.1) is 5.10 Å². The topological polar surface area (TPSA) is 76.8 Å². The maximum atomic E-state index is 13.7. The van der Waals surface area contributed by atoms with E-state index in [2.05, 4.69) is 26.3 Å². The van der Waals surface area contributed by atoms with Gasteiger partial charge in [-0.3, -0.25) is 4.79 Å². The first-order valence-corrected chi connectivity index (χ1v) is 12.0.